The molecule has 0 saturated heterocycles. The first-order valence-electron chi connectivity index (χ1n) is 19.7. The van der Waals surface area contributed by atoms with Crippen molar-refractivity contribution in [2.75, 3.05) is 6.61 Å². The molecular formula is C40H77NO5. The smallest absolute Gasteiger partial charge is 0.249 e. The second kappa shape index (κ2) is 35.1. The summed E-state index contributed by atoms with van der Waals surface area (Å²) >= 11 is 0. The van der Waals surface area contributed by atoms with Gasteiger partial charge in [-0.1, -0.05) is 154 Å². The molecule has 0 aromatic carbocycles. The fourth-order valence-electron chi connectivity index (χ4n) is 5.93. The van der Waals surface area contributed by atoms with Crippen LogP contribution in [-0.2, 0) is 4.79 Å². The fraction of sp³-hybridized carbons (Fsp3) is 0.875. The number of hydrogen-bond acceptors (Lipinski definition) is 5. The summed E-state index contributed by atoms with van der Waals surface area (Å²) in [4.78, 5) is 12.4. The van der Waals surface area contributed by atoms with Crippen LogP contribution in [0.25, 0.3) is 0 Å². The predicted molar refractivity (Wildman–Crippen MR) is 196 cm³/mol. The van der Waals surface area contributed by atoms with E-state index >= 15 is 0 Å². The number of allylic oxidation sites excluding steroid dienone is 4. The van der Waals surface area contributed by atoms with Crippen molar-refractivity contribution in [3.8, 4) is 0 Å². The van der Waals surface area contributed by atoms with E-state index in [1.807, 2.05) is 0 Å². The van der Waals surface area contributed by atoms with Gasteiger partial charge in [-0.2, -0.15) is 0 Å². The zero-order valence-electron chi connectivity index (χ0n) is 30.3. The Morgan fingerprint density at radius 3 is 1.30 bits per heavy atom. The van der Waals surface area contributed by atoms with Crippen LogP contribution < -0.4 is 5.32 Å². The van der Waals surface area contributed by atoms with E-state index in [9.17, 15) is 25.2 Å². The van der Waals surface area contributed by atoms with E-state index in [1.54, 1.807) is 0 Å². The van der Waals surface area contributed by atoms with Crippen LogP contribution in [0.2, 0.25) is 0 Å². The van der Waals surface area contributed by atoms with Gasteiger partial charge in [-0.05, 0) is 64.2 Å². The monoisotopic (exact) mass is 652 g/mol. The maximum atomic E-state index is 12.4. The van der Waals surface area contributed by atoms with Gasteiger partial charge in [0.1, 0.15) is 12.2 Å². The third kappa shape index (κ3) is 29.0. The molecule has 5 N–H and O–H groups in total. The summed E-state index contributed by atoms with van der Waals surface area (Å²) in [7, 11) is 0. The number of rotatable bonds is 35. The van der Waals surface area contributed by atoms with Crippen molar-refractivity contribution >= 4 is 5.91 Å². The standard InChI is InChI=1S/C40H77NO5/c1-3-5-7-9-11-13-15-17-18-19-20-22-24-26-28-30-32-34-38(44)40(46)41-36(35-42)39(45)37(43)33-31-29-27-25-23-21-16-14-12-10-8-6-4-2/h20,22,25,27,36-39,42-45H,3-19,21,23-24,26,28-35H2,1-2H3,(H,41,46)/b22-20-,27-25+. The summed E-state index contributed by atoms with van der Waals surface area (Å²) in [6.07, 6.45) is 37.7. The third-order valence-corrected chi connectivity index (χ3v) is 9.13. The minimum Gasteiger partial charge on any atom is -0.394 e. The van der Waals surface area contributed by atoms with Crippen molar-refractivity contribution in [1.29, 1.82) is 0 Å². The van der Waals surface area contributed by atoms with Crippen LogP contribution in [0.4, 0.5) is 0 Å². The minimum atomic E-state index is -1.28. The Hall–Kier alpha value is -1.21. The first-order valence-corrected chi connectivity index (χ1v) is 19.7. The van der Waals surface area contributed by atoms with Gasteiger partial charge < -0.3 is 25.7 Å². The van der Waals surface area contributed by atoms with Crippen molar-refractivity contribution in [1.82, 2.24) is 5.32 Å². The lowest BCUT2D eigenvalue weighted by atomic mass is 10.00. The molecule has 46 heavy (non-hydrogen) atoms. The number of aliphatic hydroxyl groups is 4. The molecule has 0 aromatic rings. The molecule has 6 heteroatoms. The van der Waals surface area contributed by atoms with Crippen LogP contribution in [-0.4, -0.2) is 57.3 Å². The highest BCUT2D eigenvalue weighted by atomic mass is 16.3. The number of hydrogen-bond donors (Lipinski definition) is 5. The van der Waals surface area contributed by atoms with E-state index in [2.05, 4.69) is 43.5 Å². The zero-order valence-corrected chi connectivity index (χ0v) is 30.3. The molecule has 272 valence electrons. The number of carbonyl (C=O) groups is 1. The topological polar surface area (TPSA) is 110 Å². The molecule has 1 amide bonds. The summed E-state index contributed by atoms with van der Waals surface area (Å²) in [5, 5.41) is 43.4. The normalized spacial score (nSPS) is 14.7. The molecule has 0 aliphatic carbocycles. The Morgan fingerprint density at radius 1 is 0.522 bits per heavy atom. The summed E-state index contributed by atoms with van der Waals surface area (Å²) in [6, 6.07) is -1.00. The van der Waals surface area contributed by atoms with E-state index in [0.29, 0.717) is 12.8 Å². The molecule has 0 aromatic heterocycles. The number of nitrogens with one attached hydrogen (secondary N) is 1. The van der Waals surface area contributed by atoms with Crippen molar-refractivity contribution in [3.63, 3.8) is 0 Å². The van der Waals surface area contributed by atoms with Gasteiger partial charge in [-0.3, -0.25) is 4.79 Å². The summed E-state index contributed by atoms with van der Waals surface area (Å²) in [5.74, 6) is -0.603. The van der Waals surface area contributed by atoms with Gasteiger partial charge in [0.2, 0.25) is 5.91 Å². The Kier molecular flexibility index (Phi) is 34.2. The lowest BCUT2D eigenvalue weighted by Crippen LogP contribution is -2.53. The maximum absolute atomic E-state index is 12.4. The molecule has 4 atom stereocenters. The molecule has 0 heterocycles. The number of amides is 1. The van der Waals surface area contributed by atoms with E-state index in [4.69, 9.17) is 0 Å². The third-order valence-electron chi connectivity index (χ3n) is 9.13. The van der Waals surface area contributed by atoms with Crippen LogP contribution in [0.15, 0.2) is 24.3 Å². The highest BCUT2D eigenvalue weighted by molar-refractivity contribution is 5.80. The molecule has 0 spiro atoms. The lowest BCUT2D eigenvalue weighted by molar-refractivity contribution is -0.132. The lowest BCUT2D eigenvalue weighted by Gasteiger charge is -2.27. The van der Waals surface area contributed by atoms with Gasteiger partial charge in [-0.25, -0.2) is 0 Å². The van der Waals surface area contributed by atoms with E-state index in [1.165, 1.54) is 116 Å². The predicted octanol–water partition coefficient (Wildman–Crippen LogP) is 9.62. The molecule has 0 bridgehead atoms. The molecule has 0 aliphatic rings. The SMILES string of the molecule is CCCCCCCCCC/C=C/CCCC(O)C(O)C(CO)NC(=O)C(O)CCCCCC/C=C\CCCCCCCCCCC. The van der Waals surface area contributed by atoms with Gasteiger partial charge >= 0.3 is 0 Å². The summed E-state index contributed by atoms with van der Waals surface area (Å²) in [6.45, 7) is 4.01. The molecule has 4 unspecified atom stereocenters. The van der Waals surface area contributed by atoms with Gasteiger partial charge in [0.15, 0.2) is 0 Å². The Morgan fingerprint density at radius 2 is 0.891 bits per heavy atom. The summed E-state index contributed by atoms with van der Waals surface area (Å²) in [5.41, 5.74) is 0. The quantitative estimate of drug-likeness (QED) is 0.0346. The molecule has 0 saturated carbocycles. The van der Waals surface area contributed by atoms with Crippen molar-refractivity contribution in [2.24, 2.45) is 0 Å². The molecule has 0 aliphatic heterocycles. The van der Waals surface area contributed by atoms with Gasteiger partial charge in [0.25, 0.3) is 0 Å². The average Bonchev–Trinajstić information content (AvgIpc) is 3.06. The van der Waals surface area contributed by atoms with Crippen molar-refractivity contribution in [2.45, 2.75) is 218 Å². The second-order valence-corrected chi connectivity index (χ2v) is 13.6. The van der Waals surface area contributed by atoms with E-state index in [0.717, 1.165) is 51.4 Å². The largest absolute Gasteiger partial charge is 0.394 e. The summed E-state index contributed by atoms with van der Waals surface area (Å²) < 4.78 is 0. The van der Waals surface area contributed by atoms with Crippen LogP contribution in [0.1, 0.15) is 194 Å². The highest BCUT2D eigenvalue weighted by Gasteiger charge is 2.28. The first-order chi connectivity index (χ1) is 22.5. The average molecular weight is 652 g/mol. The molecule has 0 rings (SSSR count). The molecular weight excluding hydrogens is 574 g/mol. The van der Waals surface area contributed by atoms with Gasteiger partial charge in [0, 0.05) is 0 Å². The number of unbranched alkanes of at least 4 members (excludes halogenated alkanes) is 22. The minimum absolute atomic E-state index is 0.350. The van der Waals surface area contributed by atoms with Crippen molar-refractivity contribution < 1.29 is 25.2 Å². The van der Waals surface area contributed by atoms with Crippen molar-refractivity contribution in [3.05, 3.63) is 24.3 Å². The van der Waals surface area contributed by atoms with E-state index < -0.39 is 36.9 Å². The van der Waals surface area contributed by atoms with E-state index in [-0.39, 0.29) is 0 Å². The number of aliphatic hydroxyl groups excluding tert-OH is 4. The highest BCUT2D eigenvalue weighted by Crippen LogP contribution is 2.14. The molecule has 0 fully saturated rings. The fourth-order valence-corrected chi connectivity index (χ4v) is 5.93. The maximum Gasteiger partial charge on any atom is 0.249 e. The Labute approximate surface area is 284 Å². The number of carbonyl (C=O) groups excluding carboxylic acids is 1. The van der Waals surface area contributed by atoms with Crippen LogP contribution in [0, 0.1) is 0 Å². The van der Waals surface area contributed by atoms with Crippen LogP contribution >= 0.6 is 0 Å². The Bertz CT molecular complexity index is 697. The molecule has 6 nitrogen and oxygen atoms in total. The molecule has 0 radical (unpaired) electrons. The van der Waals surface area contributed by atoms with Crippen LogP contribution in [0.3, 0.4) is 0 Å². The second-order valence-electron chi connectivity index (χ2n) is 13.6. The van der Waals surface area contributed by atoms with Gasteiger partial charge in [-0.15, -0.1) is 0 Å². The van der Waals surface area contributed by atoms with Gasteiger partial charge in [0.05, 0.1) is 18.8 Å². The first kappa shape index (κ1) is 44.8. The Balaban J connectivity index is 3.84. The zero-order chi connectivity index (χ0) is 33.9. The van der Waals surface area contributed by atoms with Crippen LogP contribution in [0.5, 0.6) is 0 Å².